The number of esters is 1. The van der Waals surface area contributed by atoms with Gasteiger partial charge in [-0.15, -0.1) is 0 Å². The van der Waals surface area contributed by atoms with E-state index >= 15 is 0 Å². The van der Waals surface area contributed by atoms with Crippen molar-refractivity contribution in [1.82, 2.24) is 4.42 Å². The Hall–Kier alpha value is -2.57. The molecule has 2 aliphatic rings. The van der Waals surface area contributed by atoms with Gasteiger partial charge in [0.2, 0.25) is 0 Å². The van der Waals surface area contributed by atoms with Crippen LogP contribution in [0.5, 0.6) is 0 Å². The van der Waals surface area contributed by atoms with Crippen molar-refractivity contribution in [3.63, 3.8) is 0 Å². The molecule has 4 rings (SSSR count). The fourth-order valence-corrected chi connectivity index (χ4v) is 4.38. The van der Waals surface area contributed by atoms with Gasteiger partial charge in [0.1, 0.15) is 0 Å². The molecule has 0 aromatic heterocycles. The van der Waals surface area contributed by atoms with E-state index in [1.165, 1.54) is 9.98 Å². The quantitative estimate of drug-likeness (QED) is 0.493. The number of piperidine rings is 1. The minimum atomic E-state index is -0.231. The number of rotatable bonds is 6. The standard InChI is InChI=1S/C24H27ClN2O4/c1-2-31-24(29)19-9-11-26(12-10-19)22-7-5-18(6-8-22)23(28)27(25)14-17-3-4-20-15-30-16-21(20)13-17/h3-8,13,19H,2,9-12,14-16H2,1H3. The van der Waals surface area contributed by atoms with Crippen molar-refractivity contribution in [3.8, 4) is 0 Å². The summed E-state index contributed by atoms with van der Waals surface area (Å²) in [6, 6.07) is 13.6. The zero-order chi connectivity index (χ0) is 21.8. The number of carbonyl (C=O) groups is 2. The first-order valence-corrected chi connectivity index (χ1v) is 11.1. The second-order valence-corrected chi connectivity index (χ2v) is 8.39. The highest BCUT2D eigenvalue weighted by molar-refractivity contribution is 6.24. The van der Waals surface area contributed by atoms with Gasteiger partial charge in [-0.1, -0.05) is 18.2 Å². The Morgan fingerprint density at radius 1 is 1.10 bits per heavy atom. The predicted molar refractivity (Wildman–Crippen MR) is 119 cm³/mol. The average Bonchev–Trinajstić information content (AvgIpc) is 3.27. The maximum absolute atomic E-state index is 12.8. The number of fused-ring (bicyclic) bond motifs is 1. The van der Waals surface area contributed by atoms with E-state index < -0.39 is 0 Å². The van der Waals surface area contributed by atoms with E-state index in [4.69, 9.17) is 21.3 Å². The first kappa shape index (κ1) is 21.7. The molecule has 6 nitrogen and oxygen atoms in total. The van der Waals surface area contributed by atoms with Crippen LogP contribution in [0, 0.1) is 5.92 Å². The topological polar surface area (TPSA) is 59.1 Å². The maximum atomic E-state index is 12.8. The van der Waals surface area contributed by atoms with Crippen molar-refractivity contribution in [1.29, 1.82) is 0 Å². The minimum absolute atomic E-state index is 0.0207. The van der Waals surface area contributed by atoms with Gasteiger partial charge >= 0.3 is 5.97 Å². The highest BCUT2D eigenvalue weighted by Crippen LogP contribution is 2.26. The van der Waals surface area contributed by atoms with Crippen molar-refractivity contribution < 1.29 is 19.1 Å². The molecule has 2 aromatic rings. The van der Waals surface area contributed by atoms with E-state index in [2.05, 4.69) is 4.90 Å². The van der Waals surface area contributed by atoms with Gasteiger partial charge in [-0.25, -0.2) is 4.42 Å². The van der Waals surface area contributed by atoms with Gasteiger partial charge in [0.25, 0.3) is 5.91 Å². The molecule has 164 valence electrons. The third-order valence-electron chi connectivity index (χ3n) is 5.92. The lowest BCUT2D eigenvalue weighted by Gasteiger charge is -2.32. The number of carbonyl (C=O) groups excluding carboxylic acids is 2. The van der Waals surface area contributed by atoms with Crippen LogP contribution in [0.4, 0.5) is 5.69 Å². The molecule has 0 bridgehead atoms. The second kappa shape index (κ2) is 9.71. The van der Waals surface area contributed by atoms with Gasteiger partial charge < -0.3 is 14.4 Å². The van der Waals surface area contributed by atoms with Gasteiger partial charge in [-0.05, 0) is 60.7 Å². The number of anilines is 1. The van der Waals surface area contributed by atoms with Crippen LogP contribution in [0.2, 0.25) is 0 Å². The Labute approximate surface area is 187 Å². The van der Waals surface area contributed by atoms with Crippen molar-refractivity contribution >= 4 is 29.3 Å². The zero-order valence-corrected chi connectivity index (χ0v) is 18.4. The second-order valence-electron chi connectivity index (χ2n) is 7.98. The number of nitrogens with zero attached hydrogens (tertiary/aromatic N) is 2. The van der Waals surface area contributed by atoms with E-state index in [-0.39, 0.29) is 17.8 Å². The van der Waals surface area contributed by atoms with Crippen LogP contribution < -0.4 is 4.90 Å². The van der Waals surface area contributed by atoms with Crippen molar-refractivity contribution in [2.24, 2.45) is 5.92 Å². The highest BCUT2D eigenvalue weighted by Gasteiger charge is 2.26. The van der Waals surface area contributed by atoms with Crippen molar-refractivity contribution in [2.75, 3.05) is 24.6 Å². The van der Waals surface area contributed by atoms with Gasteiger partial charge in [0.15, 0.2) is 0 Å². The van der Waals surface area contributed by atoms with Crippen LogP contribution in [0.3, 0.4) is 0 Å². The van der Waals surface area contributed by atoms with Crippen LogP contribution >= 0.6 is 11.8 Å². The molecule has 0 unspecified atom stereocenters. The number of benzene rings is 2. The van der Waals surface area contributed by atoms with Gasteiger partial charge in [0.05, 0.1) is 32.3 Å². The monoisotopic (exact) mass is 442 g/mol. The predicted octanol–water partition coefficient (Wildman–Crippen LogP) is 4.29. The summed E-state index contributed by atoms with van der Waals surface area (Å²) in [6.07, 6.45) is 1.56. The Morgan fingerprint density at radius 2 is 1.81 bits per heavy atom. The molecular formula is C24H27ClN2O4. The van der Waals surface area contributed by atoms with Crippen LogP contribution in [0.1, 0.15) is 46.8 Å². The highest BCUT2D eigenvalue weighted by atomic mass is 35.5. The molecule has 0 saturated carbocycles. The van der Waals surface area contributed by atoms with E-state index in [1.54, 1.807) is 12.1 Å². The van der Waals surface area contributed by atoms with E-state index in [1.807, 2.05) is 37.3 Å². The Bertz CT molecular complexity index is 939. The number of amides is 1. The molecular weight excluding hydrogens is 416 g/mol. The van der Waals surface area contributed by atoms with Gasteiger partial charge in [-0.3, -0.25) is 9.59 Å². The molecule has 0 radical (unpaired) electrons. The summed E-state index contributed by atoms with van der Waals surface area (Å²) in [5.41, 5.74) is 4.92. The fraction of sp³-hybridized carbons (Fsp3) is 0.417. The number of halogens is 1. The fourth-order valence-electron chi connectivity index (χ4n) is 4.14. The molecule has 0 atom stereocenters. The summed E-state index contributed by atoms with van der Waals surface area (Å²) in [4.78, 5) is 26.9. The molecule has 0 aliphatic carbocycles. The third-order valence-corrected chi connectivity index (χ3v) is 6.19. The molecule has 1 amide bonds. The zero-order valence-electron chi connectivity index (χ0n) is 17.7. The summed E-state index contributed by atoms with van der Waals surface area (Å²) < 4.78 is 11.8. The molecule has 7 heteroatoms. The molecule has 31 heavy (non-hydrogen) atoms. The van der Waals surface area contributed by atoms with Crippen LogP contribution in [-0.4, -0.2) is 36.0 Å². The first-order chi connectivity index (χ1) is 15.0. The lowest BCUT2D eigenvalue weighted by molar-refractivity contribution is -0.148. The van der Waals surface area contributed by atoms with Crippen LogP contribution in [0.25, 0.3) is 0 Å². The molecule has 2 aliphatic heterocycles. The van der Waals surface area contributed by atoms with Gasteiger partial charge in [-0.2, -0.15) is 0 Å². The van der Waals surface area contributed by atoms with E-state index in [0.717, 1.165) is 42.7 Å². The SMILES string of the molecule is CCOC(=O)C1CCN(c2ccc(C(=O)N(Cl)Cc3ccc4c(c3)COC4)cc2)CC1. The summed E-state index contributed by atoms with van der Waals surface area (Å²) in [7, 11) is 0. The summed E-state index contributed by atoms with van der Waals surface area (Å²) in [6.45, 7) is 5.42. The minimum Gasteiger partial charge on any atom is -0.466 e. The maximum Gasteiger partial charge on any atom is 0.309 e. The Morgan fingerprint density at radius 3 is 2.52 bits per heavy atom. The molecule has 1 saturated heterocycles. The number of ether oxygens (including phenoxy) is 2. The average molecular weight is 443 g/mol. The summed E-state index contributed by atoms with van der Waals surface area (Å²) >= 11 is 6.31. The summed E-state index contributed by atoms with van der Waals surface area (Å²) in [5, 5.41) is 0. The first-order valence-electron chi connectivity index (χ1n) is 10.7. The molecule has 1 fully saturated rings. The molecule has 2 aromatic carbocycles. The Kier molecular flexibility index (Phi) is 6.78. The molecule has 2 heterocycles. The van der Waals surface area contributed by atoms with Gasteiger partial charge in [0, 0.05) is 36.1 Å². The summed E-state index contributed by atoms with van der Waals surface area (Å²) in [5.74, 6) is -0.347. The normalized spacial score (nSPS) is 16.1. The lowest BCUT2D eigenvalue weighted by Crippen LogP contribution is -2.37. The Balaban J connectivity index is 1.33. The third kappa shape index (κ3) is 5.02. The number of hydrogen-bond acceptors (Lipinski definition) is 5. The van der Waals surface area contributed by atoms with E-state index in [0.29, 0.717) is 31.9 Å². The number of hydrogen-bond donors (Lipinski definition) is 0. The molecule has 0 spiro atoms. The lowest BCUT2D eigenvalue weighted by atomic mass is 9.96. The van der Waals surface area contributed by atoms with Crippen LogP contribution in [-0.2, 0) is 34.0 Å². The van der Waals surface area contributed by atoms with Crippen LogP contribution in [0.15, 0.2) is 42.5 Å². The largest absolute Gasteiger partial charge is 0.466 e. The van der Waals surface area contributed by atoms with E-state index in [9.17, 15) is 9.59 Å². The van der Waals surface area contributed by atoms with Crippen molar-refractivity contribution in [2.45, 2.75) is 39.5 Å². The molecule has 0 N–H and O–H groups in total. The smallest absolute Gasteiger partial charge is 0.309 e. The van der Waals surface area contributed by atoms with Crippen molar-refractivity contribution in [3.05, 3.63) is 64.7 Å².